The molecule has 0 bridgehead atoms. The number of rotatable bonds is 22. The fraction of sp³-hybridized carbons (Fsp3) is 0.829. The van der Waals surface area contributed by atoms with Crippen LogP contribution < -0.4 is 0 Å². The number of Topliss-reactive ketones (excluding diaryl/α,β-unsaturated/α-hetero) is 1. The Balaban J connectivity index is 0.658. The minimum Gasteiger partial charge on any atom is -0.458 e. The van der Waals surface area contributed by atoms with E-state index in [1.165, 1.54) is 20.1 Å². The average molecular weight is 1410 g/mol. The van der Waals surface area contributed by atoms with E-state index in [0.717, 1.165) is 11.1 Å². The minimum absolute atomic E-state index is 0.0547. The number of hydrogen-bond acceptors (Lipinski definition) is 29. The molecule has 0 spiro atoms. The third-order valence-electron chi connectivity index (χ3n) is 23.8. The normalized spacial score (nSPS) is 49.5. The zero-order chi connectivity index (χ0) is 71.4. The van der Waals surface area contributed by atoms with Gasteiger partial charge in [-0.05, 0) is 104 Å². The molecule has 29 nitrogen and oxygen atoms in total. The Labute approximate surface area is 577 Å². The van der Waals surface area contributed by atoms with Crippen LogP contribution in [-0.4, -0.2) is 293 Å². The Hall–Kier alpha value is -3.20. The Morgan fingerprint density at radius 2 is 1.05 bits per heavy atom. The summed E-state index contributed by atoms with van der Waals surface area (Å²) >= 11 is 0. The van der Waals surface area contributed by atoms with Crippen molar-refractivity contribution in [1.82, 2.24) is 0 Å². The molecule has 1 aromatic carbocycles. The molecule has 0 radical (unpaired) electrons. The summed E-state index contributed by atoms with van der Waals surface area (Å²) in [6.45, 7) is 11.0. The van der Waals surface area contributed by atoms with E-state index in [1.54, 1.807) is 41.3 Å². The topological polar surface area (TPSA) is 393 Å². The van der Waals surface area contributed by atoms with Crippen molar-refractivity contribution in [3.8, 4) is 0 Å². The molecular formula is C70H106O29. The minimum atomic E-state index is -2.07. The average Bonchev–Trinajstić information content (AvgIpc) is 1.58. The molecule has 6 saturated heterocycles. The van der Waals surface area contributed by atoms with Crippen LogP contribution >= 0.6 is 0 Å². The van der Waals surface area contributed by atoms with Crippen molar-refractivity contribution in [1.29, 1.82) is 0 Å². The van der Waals surface area contributed by atoms with E-state index in [2.05, 4.69) is 6.92 Å². The van der Waals surface area contributed by atoms with Gasteiger partial charge >= 0.3 is 5.97 Å². The van der Waals surface area contributed by atoms with Crippen molar-refractivity contribution >= 4 is 17.8 Å². The summed E-state index contributed by atoms with van der Waals surface area (Å²) in [5.74, 6) is -1.88. The van der Waals surface area contributed by atoms with Gasteiger partial charge in [-0.2, -0.15) is 0 Å². The van der Waals surface area contributed by atoms with Crippen LogP contribution in [0.1, 0.15) is 125 Å². The molecule has 0 aromatic heterocycles. The highest BCUT2D eigenvalue weighted by Gasteiger charge is 2.81. The highest BCUT2D eigenvalue weighted by Crippen LogP contribution is 2.71. The van der Waals surface area contributed by atoms with Gasteiger partial charge in [0.25, 0.3) is 0 Å². The molecule has 6 aliphatic heterocycles. The molecule has 6 heterocycles. The van der Waals surface area contributed by atoms with E-state index in [0.29, 0.717) is 32.1 Å². The maximum Gasteiger partial charge on any atom is 0.331 e. The fourth-order valence-corrected chi connectivity index (χ4v) is 17.9. The second-order valence-electron chi connectivity index (χ2n) is 29.3. The molecule has 99 heavy (non-hydrogen) atoms. The Morgan fingerprint density at radius 3 is 1.55 bits per heavy atom. The van der Waals surface area contributed by atoms with Crippen LogP contribution in [0.5, 0.6) is 0 Å². The fourth-order valence-electron chi connectivity index (χ4n) is 17.9. The second kappa shape index (κ2) is 31.1. The maximum atomic E-state index is 13.7. The first kappa shape index (κ1) is 76.9. The molecule has 29 heteroatoms. The van der Waals surface area contributed by atoms with Gasteiger partial charge in [0, 0.05) is 66.1 Å². The molecule has 34 atom stereocenters. The van der Waals surface area contributed by atoms with E-state index < -0.39 is 224 Å². The molecule has 3 saturated carbocycles. The first-order valence-electron chi connectivity index (χ1n) is 34.9. The lowest BCUT2D eigenvalue weighted by atomic mass is 9.42. The van der Waals surface area contributed by atoms with Crippen molar-refractivity contribution in [2.45, 2.75) is 308 Å². The van der Waals surface area contributed by atoms with Crippen molar-refractivity contribution in [2.24, 2.45) is 16.7 Å². The molecule has 560 valence electrons. The van der Waals surface area contributed by atoms with Crippen LogP contribution in [0, 0.1) is 16.7 Å². The van der Waals surface area contributed by atoms with E-state index in [4.69, 9.17) is 80.5 Å². The Kier molecular flexibility index (Phi) is 24.2. The molecule has 4 aliphatic carbocycles. The number of ketones is 1. The second-order valence-corrected chi connectivity index (χ2v) is 29.3. The van der Waals surface area contributed by atoms with E-state index >= 15 is 0 Å². The zero-order valence-electron chi connectivity index (χ0n) is 58.3. The summed E-state index contributed by atoms with van der Waals surface area (Å²) in [5, 5.41) is 111. The molecule has 10 N–H and O–H groups in total. The highest BCUT2D eigenvalue weighted by atomic mass is 16.8. The van der Waals surface area contributed by atoms with Gasteiger partial charge in [0.2, 0.25) is 0 Å². The molecule has 9 fully saturated rings. The number of carbonyl (C=O) groups excluding carboxylic acids is 2. The van der Waals surface area contributed by atoms with Gasteiger partial charge in [0.05, 0.1) is 73.6 Å². The molecule has 1 aromatic rings. The molecule has 10 aliphatic rings. The third-order valence-corrected chi connectivity index (χ3v) is 23.8. The summed E-state index contributed by atoms with van der Waals surface area (Å²) in [5.41, 5.74) is -6.45. The zero-order valence-corrected chi connectivity index (χ0v) is 58.3. The number of carbonyl (C=O) groups is 2. The van der Waals surface area contributed by atoms with Crippen LogP contribution in [0.2, 0.25) is 0 Å². The number of benzene rings is 1. The number of ether oxygens (including phenoxy) is 17. The molecule has 0 unspecified atom stereocenters. The number of methoxy groups -OCH3 is 4. The van der Waals surface area contributed by atoms with Gasteiger partial charge in [0.1, 0.15) is 96.2 Å². The highest BCUT2D eigenvalue weighted by molar-refractivity contribution is 5.89. The summed E-state index contributed by atoms with van der Waals surface area (Å²) in [4.78, 5) is 27.1. The van der Waals surface area contributed by atoms with Crippen molar-refractivity contribution < 1.29 is 141 Å². The molecule has 0 amide bonds. The van der Waals surface area contributed by atoms with E-state index in [1.807, 2.05) is 57.2 Å². The van der Waals surface area contributed by atoms with Crippen LogP contribution in [0.25, 0.3) is 6.08 Å². The van der Waals surface area contributed by atoms with Gasteiger partial charge in [-0.15, -0.1) is 0 Å². The lowest BCUT2D eigenvalue weighted by molar-refractivity contribution is -0.363. The van der Waals surface area contributed by atoms with Crippen LogP contribution in [0.3, 0.4) is 0 Å². The molecule has 11 rings (SSSR count). The predicted molar refractivity (Wildman–Crippen MR) is 341 cm³/mol. The predicted octanol–water partition coefficient (Wildman–Crippen LogP) is 0.884. The number of aliphatic hydroxyl groups excluding tert-OH is 7. The van der Waals surface area contributed by atoms with Gasteiger partial charge in [-0.3, -0.25) is 4.79 Å². The number of esters is 1. The standard InChI is InChI=1S/C70H106O29/c1-33-60(41(83-8)26-50(88-33)92-40-20-21-66(6)39(25-40)19-22-69(81)47(66)30-48(95-49(73)18-17-38-15-13-12-14-16-38)67(7)68(80,37(5)72)23-24-70(67,69)82)96-51-27-42(84-9)61(34(2)89-51)97-52-28-43(85-10)62(35(3)90-52)98-53-29-44(86-11)63(36(4)91-53)99-65-59(79)57(77)55(75)46(94-65)32-87-64-58(78)56(76)54(74)45(31-71)93-64/h12-19,33-36,40-48,50-65,71,74-82H,20-32H2,1-11H3/b18-17-/t33-,34-,35-,36-,40+,41-,42+,43-,44-,45-,46-,47-,48-,50+,51+,52+,53+,54-,55-,56+,57+,58-,59-,60-,61-,62-,63-,64-,65+,66+,67-,68+,69+,70-/m1/s1. The van der Waals surface area contributed by atoms with E-state index in [-0.39, 0.29) is 44.6 Å². The summed E-state index contributed by atoms with van der Waals surface area (Å²) in [7, 11) is 6.25. The first-order valence-corrected chi connectivity index (χ1v) is 34.9. The lowest BCUT2D eigenvalue weighted by Gasteiger charge is -2.67. The largest absolute Gasteiger partial charge is 0.458 e. The third kappa shape index (κ3) is 14.6. The first-order chi connectivity index (χ1) is 47.0. The smallest absolute Gasteiger partial charge is 0.331 e. The molecular weight excluding hydrogens is 1300 g/mol. The Morgan fingerprint density at radius 1 is 0.576 bits per heavy atom. The quantitative estimate of drug-likeness (QED) is 0.0438. The van der Waals surface area contributed by atoms with Crippen LogP contribution in [-0.2, 0) is 90.1 Å². The van der Waals surface area contributed by atoms with Crippen molar-refractivity contribution in [3.05, 3.63) is 53.6 Å². The van der Waals surface area contributed by atoms with Crippen molar-refractivity contribution in [2.75, 3.05) is 41.7 Å². The van der Waals surface area contributed by atoms with Crippen LogP contribution in [0.15, 0.2) is 48.1 Å². The van der Waals surface area contributed by atoms with Gasteiger partial charge < -0.3 is 132 Å². The number of hydrogen-bond donors (Lipinski definition) is 10. The van der Waals surface area contributed by atoms with Crippen LogP contribution in [0.4, 0.5) is 0 Å². The maximum absolute atomic E-state index is 13.7. The van der Waals surface area contributed by atoms with Gasteiger partial charge in [-0.1, -0.05) is 48.9 Å². The number of fused-ring (bicyclic) bond motifs is 5. The summed E-state index contributed by atoms with van der Waals surface area (Å²) in [6, 6.07) is 9.24. The summed E-state index contributed by atoms with van der Waals surface area (Å²) < 4.78 is 106. The van der Waals surface area contributed by atoms with Gasteiger partial charge in [-0.25, -0.2) is 4.79 Å². The monoisotopic (exact) mass is 1410 g/mol. The Bertz CT molecular complexity index is 2930. The van der Waals surface area contributed by atoms with Crippen molar-refractivity contribution in [3.63, 3.8) is 0 Å². The lowest BCUT2D eigenvalue weighted by Crippen LogP contribution is -2.78. The summed E-state index contributed by atoms with van der Waals surface area (Å²) in [6.07, 6.45) is -20.3. The van der Waals surface area contributed by atoms with Gasteiger partial charge in [0.15, 0.2) is 43.5 Å². The number of aliphatic hydroxyl groups is 10. The SMILES string of the molecule is CO[C@H]1C[C@H](O[C@@H]2[C@@H](C)O[C@@H](O[C@H]3CC[C@@]4(C)C(=CC[C@]5(O)[C@@H]4C[C@@H](OC(=O)/C=C\c4ccccc4)[C@@]4(C)[C@]5(O)CC[C@]4(O)C(C)=O)C3)C[C@H]2OC)O[C@H](C)[C@H]1O[C@H]1C[C@@H](OC)[C@H](O[C@H]2C[C@@H](OC)[C@H](O[C@@H]3O[C@H](CO[C@@H]4O[C@H](CO)[C@@H](O)[C@H](O)[C@H]4O)[C@@H](O)[C@H](O)[C@H]3O)[C@@H](C)O2)[C@@H](C)O1. The van der Waals surface area contributed by atoms with E-state index in [9.17, 15) is 60.7 Å².